The monoisotopic (exact) mass is 225 g/mol. The van der Waals surface area contributed by atoms with E-state index in [1.165, 1.54) is 12.1 Å². The van der Waals surface area contributed by atoms with E-state index < -0.39 is 11.6 Å². The smallest absolute Gasteiger partial charge is 0.129 e. The lowest BCUT2D eigenvalue weighted by Gasteiger charge is -2.08. The maximum Gasteiger partial charge on any atom is 0.129 e. The Kier molecular flexibility index (Phi) is 2.32. The Labute approximate surface area is 92.6 Å². The summed E-state index contributed by atoms with van der Waals surface area (Å²) in [7, 11) is 0. The van der Waals surface area contributed by atoms with Crippen molar-refractivity contribution in [3.63, 3.8) is 0 Å². The van der Waals surface area contributed by atoms with Gasteiger partial charge < -0.3 is 10.1 Å². The van der Waals surface area contributed by atoms with Crippen molar-refractivity contribution in [2.24, 2.45) is 17.8 Å². The van der Waals surface area contributed by atoms with Crippen LogP contribution in [-0.4, -0.2) is 19.7 Å². The molecule has 1 saturated carbocycles. The first-order valence-electron chi connectivity index (χ1n) is 5.53. The SMILES string of the molecule is Fc1cc(F)cc(OC[C@H]2[C@@H]3CNC[C@@H]32)c1. The van der Waals surface area contributed by atoms with Gasteiger partial charge in [-0.3, -0.25) is 0 Å². The molecule has 1 saturated heterocycles. The lowest BCUT2D eigenvalue weighted by molar-refractivity contribution is 0.278. The van der Waals surface area contributed by atoms with Crippen molar-refractivity contribution in [2.45, 2.75) is 0 Å². The minimum Gasteiger partial charge on any atom is -0.493 e. The molecule has 1 N–H and O–H groups in total. The van der Waals surface area contributed by atoms with Crippen molar-refractivity contribution in [3.8, 4) is 5.75 Å². The summed E-state index contributed by atoms with van der Waals surface area (Å²) in [6.45, 7) is 2.67. The Morgan fingerprint density at radius 1 is 1.12 bits per heavy atom. The number of benzene rings is 1. The quantitative estimate of drug-likeness (QED) is 0.847. The van der Waals surface area contributed by atoms with Crippen LogP contribution in [-0.2, 0) is 0 Å². The highest BCUT2D eigenvalue weighted by Crippen LogP contribution is 2.48. The molecule has 0 bridgehead atoms. The van der Waals surface area contributed by atoms with Gasteiger partial charge in [-0.1, -0.05) is 0 Å². The van der Waals surface area contributed by atoms with Gasteiger partial charge in [-0.2, -0.15) is 0 Å². The zero-order chi connectivity index (χ0) is 11.1. The molecule has 3 rings (SSSR count). The van der Waals surface area contributed by atoms with Crippen LogP contribution in [0.25, 0.3) is 0 Å². The van der Waals surface area contributed by atoms with Crippen molar-refractivity contribution in [3.05, 3.63) is 29.8 Å². The van der Waals surface area contributed by atoms with Gasteiger partial charge in [0.2, 0.25) is 0 Å². The van der Waals surface area contributed by atoms with Gasteiger partial charge in [-0.05, 0) is 24.9 Å². The van der Waals surface area contributed by atoms with Crippen LogP contribution in [0.15, 0.2) is 18.2 Å². The summed E-state index contributed by atoms with van der Waals surface area (Å²) in [4.78, 5) is 0. The fraction of sp³-hybridized carbons (Fsp3) is 0.500. The number of fused-ring (bicyclic) bond motifs is 1. The molecule has 0 aromatic heterocycles. The Bertz CT molecular complexity index is 380. The summed E-state index contributed by atoms with van der Waals surface area (Å²) in [6, 6.07) is 3.29. The van der Waals surface area contributed by atoms with Crippen LogP contribution in [0.5, 0.6) is 5.75 Å². The van der Waals surface area contributed by atoms with E-state index >= 15 is 0 Å². The molecule has 16 heavy (non-hydrogen) atoms. The molecule has 2 aliphatic rings. The largest absolute Gasteiger partial charge is 0.493 e. The normalized spacial score (nSPS) is 31.2. The number of ether oxygens (including phenoxy) is 1. The minimum absolute atomic E-state index is 0.287. The van der Waals surface area contributed by atoms with E-state index in [0.717, 1.165) is 19.2 Å². The molecule has 2 fully saturated rings. The van der Waals surface area contributed by atoms with E-state index in [4.69, 9.17) is 4.74 Å². The van der Waals surface area contributed by atoms with Crippen LogP contribution in [0.3, 0.4) is 0 Å². The standard InChI is InChI=1S/C12H13F2NO/c13-7-1-8(14)3-9(2-7)16-6-12-10-4-15-5-11(10)12/h1-3,10-12,15H,4-6H2/t10-,11+,12+. The topological polar surface area (TPSA) is 21.3 Å². The third kappa shape index (κ3) is 1.78. The van der Waals surface area contributed by atoms with E-state index in [1.807, 2.05) is 0 Å². The first-order valence-corrected chi connectivity index (χ1v) is 5.53. The zero-order valence-electron chi connectivity index (χ0n) is 8.75. The van der Waals surface area contributed by atoms with Crippen molar-refractivity contribution in [1.82, 2.24) is 5.32 Å². The molecule has 1 aliphatic carbocycles. The van der Waals surface area contributed by atoms with Crippen molar-refractivity contribution in [2.75, 3.05) is 19.7 Å². The molecular weight excluding hydrogens is 212 g/mol. The van der Waals surface area contributed by atoms with E-state index in [0.29, 0.717) is 24.4 Å². The number of piperidine rings is 1. The second-order valence-corrected chi connectivity index (χ2v) is 4.57. The van der Waals surface area contributed by atoms with Gasteiger partial charge in [0, 0.05) is 24.1 Å². The van der Waals surface area contributed by atoms with Gasteiger partial charge in [0.05, 0.1) is 6.61 Å². The Morgan fingerprint density at radius 3 is 2.38 bits per heavy atom. The molecule has 0 radical (unpaired) electrons. The van der Waals surface area contributed by atoms with Crippen LogP contribution in [0.2, 0.25) is 0 Å². The maximum absolute atomic E-state index is 12.9. The predicted molar refractivity (Wildman–Crippen MR) is 55.2 cm³/mol. The van der Waals surface area contributed by atoms with E-state index in [2.05, 4.69) is 5.32 Å². The summed E-state index contributed by atoms with van der Waals surface area (Å²) >= 11 is 0. The molecule has 0 unspecified atom stereocenters. The minimum atomic E-state index is -0.590. The van der Waals surface area contributed by atoms with Crippen LogP contribution in [0, 0.1) is 29.4 Å². The molecule has 1 aromatic carbocycles. The fourth-order valence-electron chi connectivity index (χ4n) is 2.60. The Hall–Kier alpha value is -1.16. The lowest BCUT2D eigenvalue weighted by Crippen LogP contribution is -2.17. The molecule has 86 valence electrons. The molecule has 0 spiro atoms. The zero-order valence-corrected chi connectivity index (χ0v) is 8.75. The number of halogens is 2. The molecule has 4 heteroatoms. The molecular formula is C12H13F2NO. The summed E-state index contributed by atoms with van der Waals surface area (Å²) in [5.74, 6) is 1.08. The average Bonchev–Trinajstić information content (AvgIpc) is 2.68. The van der Waals surface area contributed by atoms with Gasteiger partial charge in [0.15, 0.2) is 0 Å². The van der Waals surface area contributed by atoms with Gasteiger partial charge in [-0.25, -0.2) is 8.78 Å². The van der Waals surface area contributed by atoms with Crippen molar-refractivity contribution < 1.29 is 13.5 Å². The number of hydrogen-bond acceptors (Lipinski definition) is 2. The van der Waals surface area contributed by atoms with E-state index in [9.17, 15) is 8.78 Å². The number of nitrogens with one attached hydrogen (secondary N) is 1. The number of hydrogen-bond donors (Lipinski definition) is 1. The van der Waals surface area contributed by atoms with Crippen LogP contribution in [0.4, 0.5) is 8.78 Å². The molecule has 1 aromatic rings. The van der Waals surface area contributed by atoms with E-state index in [-0.39, 0.29) is 5.75 Å². The van der Waals surface area contributed by atoms with Gasteiger partial charge in [0.1, 0.15) is 17.4 Å². The maximum atomic E-state index is 12.9. The van der Waals surface area contributed by atoms with Crippen LogP contribution in [0.1, 0.15) is 0 Å². The van der Waals surface area contributed by atoms with Crippen molar-refractivity contribution in [1.29, 1.82) is 0 Å². The fourth-order valence-corrected chi connectivity index (χ4v) is 2.60. The third-order valence-electron chi connectivity index (χ3n) is 3.55. The highest BCUT2D eigenvalue weighted by molar-refractivity contribution is 5.24. The number of rotatable bonds is 3. The summed E-state index contributed by atoms with van der Waals surface area (Å²) < 4.78 is 31.2. The van der Waals surface area contributed by atoms with Gasteiger partial charge in [0.25, 0.3) is 0 Å². The summed E-state index contributed by atoms with van der Waals surface area (Å²) in [5.41, 5.74) is 0. The molecule has 1 aliphatic heterocycles. The predicted octanol–water partition coefficient (Wildman–Crippen LogP) is 1.81. The van der Waals surface area contributed by atoms with Crippen LogP contribution >= 0.6 is 0 Å². The van der Waals surface area contributed by atoms with Gasteiger partial charge >= 0.3 is 0 Å². The second-order valence-electron chi connectivity index (χ2n) is 4.57. The Morgan fingerprint density at radius 2 is 1.75 bits per heavy atom. The molecule has 2 nitrogen and oxygen atoms in total. The summed E-state index contributed by atoms with van der Waals surface area (Å²) in [5, 5.41) is 3.29. The van der Waals surface area contributed by atoms with Crippen LogP contribution < -0.4 is 10.1 Å². The third-order valence-corrected chi connectivity index (χ3v) is 3.55. The first kappa shape index (κ1) is 10.0. The molecule has 0 amide bonds. The van der Waals surface area contributed by atoms with Gasteiger partial charge in [-0.15, -0.1) is 0 Å². The molecule has 1 heterocycles. The average molecular weight is 225 g/mol. The molecule has 3 atom stereocenters. The lowest BCUT2D eigenvalue weighted by atomic mass is 10.3. The second kappa shape index (κ2) is 3.70. The summed E-state index contributed by atoms with van der Waals surface area (Å²) in [6.07, 6.45) is 0. The highest BCUT2D eigenvalue weighted by atomic mass is 19.1. The Balaban J connectivity index is 1.58. The first-order chi connectivity index (χ1) is 7.74. The van der Waals surface area contributed by atoms with Crippen molar-refractivity contribution >= 4 is 0 Å². The highest BCUT2D eigenvalue weighted by Gasteiger charge is 2.52. The van der Waals surface area contributed by atoms with E-state index in [1.54, 1.807) is 0 Å².